The molecule has 1 aromatic rings. The third-order valence-electron chi connectivity index (χ3n) is 7.98. The Kier molecular flexibility index (Phi) is 10.8. The van der Waals surface area contributed by atoms with Crippen LogP contribution < -0.4 is 20.9 Å². The zero-order valence-corrected chi connectivity index (χ0v) is 21.8. The molecule has 0 saturated carbocycles. The monoisotopic (exact) mass is 470 g/mol. The number of hydrogen-bond acceptors (Lipinski definition) is 6. The number of anilines is 2. The predicted octanol–water partition coefficient (Wildman–Crippen LogP) is 5.57. The first-order chi connectivity index (χ1) is 16.8. The Morgan fingerprint density at radius 3 is 2.44 bits per heavy atom. The Labute approximate surface area is 208 Å². The minimum Gasteiger partial charge on any atom is -0.356 e. The highest BCUT2D eigenvalue weighted by atomic mass is 15.3. The van der Waals surface area contributed by atoms with Crippen LogP contribution in [-0.2, 0) is 12.8 Å². The van der Waals surface area contributed by atoms with Gasteiger partial charge >= 0.3 is 0 Å². The van der Waals surface area contributed by atoms with Crippen LogP contribution in [0, 0.1) is 0 Å². The Hall–Kier alpha value is -1.40. The van der Waals surface area contributed by atoms with Gasteiger partial charge in [-0.2, -0.15) is 4.98 Å². The first kappa shape index (κ1) is 25.7. The topological polar surface area (TPSA) is 65.1 Å². The number of nitrogens with zero attached hydrogens (tertiary/aromatic N) is 3. The van der Waals surface area contributed by atoms with E-state index in [4.69, 9.17) is 9.97 Å². The van der Waals surface area contributed by atoms with E-state index < -0.39 is 0 Å². The number of aryl methyl sites for hydroxylation is 1. The van der Waals surface area contributed by atoms with Crippen molar-refractivity contribution in [1.82, 2.24) is 20.6 Å². The second kappa shape index (κ2) is 14.2. The molecule has 1 aromatic heterocycles. The largest absolute Gasteiger partial charge is 0.356 e. The van der Waals surface area contributed by atoms with E-state index in [1.165, 1.54) is 113 Å². The van der Waals surface area contributed by atoms with Crippen molar-refractivity contribution in [3.8, 4) is 0 Å². The average molecular weight is 471 g/mol. The van der Waals surface area contributed by atoms with Crippen LogP contribution in [0.5, 0.6) is 0 Å². The van der Waals surface area contributed by atoms with Gasteiger partial charge in [0.2, 0.25) is 5.95 Å². The molecule has 6 nitrogen and oxygen atoms in total. The lowest BCUT2D eigenvalue weighted by Crippen LogP contribution is -2.57. The predicted molar refractivity (Wildman–Crippen MR) is 144 cm³/mol. The smallest absolute Gasteiger partial charge is 0.225 e. The van der Waals surface area contributed by atoms with E-state index in [0.717, 1.165) is 45.0 Å². The number of piperidine rings is 1. The molecule has 2 aliphatic heterocycles. The molecule has 3 aliphatic rings. The lowest BCUT2D eigenvalue weighted by molar-refractivity contribution is 0.313. The fourth-order valence-electron chi connectivity index (χ4n) is 5.95. The standard InChI is InChI=1S/C28H50N6/c1-2-3-4-5-6-7-12-19-29-26-25(18-15-20-30-26)32-28-31-24-17-11-10-16-23(24)27(33-28)34-21-13-8-9-14-22-34/h25-26,29-30H,2-22H2,1H3,(H,31,32,33). The summed E-state index contributed by atoms with van der Waals surface area (Å²) in [5.41, 5.74) is 2.74. The number of unbranched alkanes of at least 4 members (excludes halogenated alkanes) is 6. The fourth-order valence-corrected chi connectivity index (χ4v) is 5.95. The Balaban J connectivity index is 1.35. The molecule has 2 fully saturated rings. The van der Waals surface area contributed by atoms with E-state index in [-0.39, 0.29) is 0 Å². The molecule has 34 heavy (non-hydrogen) atoms. The van der Waals surface area contributed by atoms with Crippen LogP contribution in [0.25, 0.3) is 0 Å². The number of nitrogens with one attached hydrogen (secondary N) is 3. The van der Waals surface area contributed by atoms with Gasteiger partial charge in [-0.25, -0.2) is 4.98 Å². The van der Waals surface area contributed by atoms with Crippen molar-refractivity contribution in [1.29, 1.82) is 0 Å². The van der Waals surface area contributed by atoms with Gasteiger partial charge in [0.1, 0.15) is 5.82 Å². The summed E-state index contributed by atoms with van der Waals surface area (Å²) < 4.78 is 0. The number of hydrogen-bond donors (Lipinski definition) is 3. The quantitative estimate of drug-likeness (QED) is 0.347. The maximum absolute atomic E-state index is 5.17. The molecule has 2 saturated heterocycles. The minimum atomic E-state index is 0.301. The third kappa shape index (κ3) is 7.55. The summed E-state index contributed by atoms with van der Waals surface area (Å²) in [5, 5.41) is 11.3. The van der Waals surface area contributed by atoms with Crippen molar-refractivity contribution in [3.05, 3.63) is 11.3 Å². The van der Waals surface area contributed by atoms with Gasteiger partial charge in [-0.15, -0.1) is 0 Å². The zero-order valence-electron chi connectivity index (χ0n) is 21.8. The highest BCUT2D eigenvalue weighted by molar-refractivity contribution is 5.54. The van der Waals surface area contributed by atoms with Gasteiger partial charge in [0.25, 0.3) is 0 Å². The first-order valence-electron chi connectivity index (χ1n) is 14.7. The molecule has 1 aliphatic carbocycles. The van der Waals surface area contributed by atoms with E-state index in [2.05, 4.69) is 27.8 Å². The molecule has 3 heterocycles. The molecule has 2 unspecified atom stereocenters. The fraction of sp³-hybridized carbons (Fsp3) is 0.857. The van der Waals surface area contributed by atoms with Crippen LogP contribution >= 0.6 is 0 Å². The average Bonchev–Trinajstić information content (AvgIpc) is 3.16. The van der Waals surface area contributed by atoms with Crippen molar-refractivity contribution in [2.45, 2.75) is 128 Å². The SMILES string of the molecule is CCCCCCCCCNC1NCCCC1Nc1nc2c(c(N3CCCCCC3)n1)CCCC2. The lowest BCUT2D eigenvalue weighted by atomic mass is 9.96. The van der Waals surface area contributed by atoms with Gasteiger partial charge in [0, 0.05) is 18.7 Å². The van der Waals surface area contributed by atoms with Crippen molar-refractivity contribution >= 4 is 11.8 Å². The summed E-state index contributed by atoms with van der Waals surface area (Å²) in [4.78, 5) is 12.8. The molecule has 2 atom stereocenters. The first-order valence-corrected chi connectivity index (χ1v) is 14.7. The molecular weight excluding hydrogens is 420 g/mol. The Bertz CT molecular complexity index is 715. The van der Waals surface area contributed by atoms with Gasteiger partial charge in [0.15, 0.2) is 0 Å². The maximum atomic E-state index is 5.17. The van der Waals surface area contributed by atoms with Gasteiger partial charge < -0.3 is 20.9 Å². The van der Waals surface area contributed by atoms with Gasteiger partial charge in [0.05, 0.1) is 17.9 Å². The lowest BCUT2D eigenvalue weighted by Gasteiger charge is -2.35. The number of aromatic nitrogens is 2. The molecule has 6 heteroatoms. The molecule has 0 aromatic carbocycles. The minimum absolute atomic E-state index is 0.301. The second-order valence-corrected chi connectivity index (χ2v) is 10.8. The molecule has 0 radical (unpaired) electrons. The van der Waals surface area contributed by atoms with E-state index in [0.29, 0.717) is 12.2 Å². The van der Waals surface area contributed by atoms with Crippen LogP contribution in [0.1, 0.15) is 114 Å². The number of fused-ring (bicyclic) bond motifs is 1. The number of rotatable bonds is 12. The van der Waals surface area contributed by atoms with E-state index in [1.807, 2.05) is 0 Å². The van der Waals surface area contributed by atoms with Crippen molar-refractivity contribution in [2.24, 2.45) is 0 Å². The summed E-state index contributed by atoms with van der Waals surface area (Å²) in [6, 6.07) is 0.344. The van der Waals surface area contributed by atoms with Crippen LogP contribution in [0.15, 0.2) is 0 Å². The van der Waals surface area contributed by atoms with E-state index in [9.17, 15) is 0 Å². The molecule has 0 spiro atoms. The highest BCUT2D eigenvalue weighted by Gasteiger charge is 2.27. The van der Waals surface area contributed by atoms with Crippen molar-refractivity contribution in [2.75, 3.05) is 36.4 Å². The normalized spacial score (nSPS) is 23.4. The summed E-state index contributed by atoms with van der Waals surface area (Å²) in [6.45, 7) is 6.77. The van der Waals surface area contributed by atoms with Gasteiger partial charge in [-0.05, 0) is 70.9 Å². The molecule has 192 valence electrons. The second-order valence-electron chi connectivity index (χ2n) is 10.8. The van der Waals surface area contributed by atoms with Crippen molar-refractivity contribution in [3.63, 3.8) is 0 Å². The molecule has 3 N–H and O–H groups in total. The summed E-state index contributed by atoms with van der Waals surface area (Å²) in [5.74, 6) is 2.10. The Morgan fingerprint density at radius 1 is 0.853 bits per heavy atom. The molecule has 4 rings (SSSR count). The van der Waals surface area contributed by atoms with Crippen LogP contribution in [0.4, 0.5) is 11.8 Å². The Morgan fingerprint density at radius 2 is 1.62 bits per heavy atom. The maximum Gasteiger partial charge on any atom is 0.225 e. The van der Waals surface area contributed by atoms with Crippen LogP contribution in [0.2, 0.25) is 0 Å². The highest BCUT2D eigenvalue weighted by Crippen LogP contribution is 2.31. The third-order valence-corrected chi connectivity index (χ3v) is 7.98. The summed E-state index contributed by atoms with van der Waals surface area (Å²) >= 11 is 0. The zero-order chi connectivity index (χ0) is 23.4. The summed E-state index contributed by atoms with van der Waals surface area (Å²) in [6.07, 6.45) is 22.3. The van der Waals surface area contributed by atoms with E-state index >= 15 is 0 Å². The van der Waals surface area contributed by atoms with Crippen molar-refractivity contribution < 1.29 is 0 Å². The summed E-state index contributed by atoms with van der Waals surface area (Å²) in [7, 11) is 0. The van der Waals surface area contributed by atoms with Gasteiger partial charge in [-0.1, -0.05) is 58.3 Å². The molecule has 0 bridgehead atoms. The molecule has 0 amide bonds. The van der Waals surface area contributed by atoms with Crippen LogP contribution in [0.3, 0.4) is 0 Å². The van der Waals surface area contributed by atoms with E-state index in [1.54, 1.807) is 0 Å². The molecular formula is C28H50N6. The van der Waals surface area contributed by atoms with Crippen LogP contribution in [-0.4, -0.2) is 48.4 Å². The van der Waals surface area contributed by atoms with Gasteiger partial charge in [-0.3, -0.25) is 0 Å².